The molecular weight excluding hydrogens is 505 g/mol. The summed E-state index contributed by atoms with van der Waals surface area (Å²) in [6, 6.07) is 3.54. The summed E-state index contributed by atoms with van der Waals surface area (Å²) < 4.78 is 42.8. The molecule has 0 radical (unpaired) electrons. The lowest BCUT2D eigenvalue weighted by molar-refractivity contribution is -0.157. The van der Waals surface area contributed by atoms with Gasteiger partial charge in [-0.05, 0) is 37.0 Å². The van der Waals surface area contributed by atoms with Crippen LogP contribution in [0.2, 0.25) is 0 Å². The van der Waals surface area contributed by atoms with Crippen LogP contribution in [-0.4, -0.2) is 53.9 Å². The number of amides is 4. The van der Waals surface area contributed by atoms with E-state index in [1.165, 1.54) is 15.6 Å². The number of hydrazine groups is 1. The largest absolute Gasteiger partial charge is 0.418 e. The van der Waals surface area contributed by atoms with E-state index in [1.807, 2.05) is 6.92 Å². The van der Waals surface area contributed by atoms with Crippen molar-refractivity contribution in [1.82, 2.24) is 35.3 Å². The van der Waals surface area contributed by atoms with Crippen LogP contribution >= 0.6 is 0 Å². The molecule has 4 heterocycles. The monoisotopic (exact) mass is 530 g/mol. The van der Waals surface area contributed by atoms with E-state index in [4.69, 9.17) is 0 Å². The summed E-state index contributed by atoms with van der Waals surface area (Å²) in [6.45, 7) is 3.61. The predicted octanol–water partition coefficient (Wildman–Crippen LogP) is 3.14. The van der Waals surface area contributed by atoms with Crippen molar-refractivity contribution in [3.8, 4) is 11.4 Å². The van der Waals surface area contributed by atoms with Crippen LogP contribution in [0.5, 0.6) is 0 Å². The van der Waals surface area contributed by atoms with E-state index in [0.29, 0.717) is 31.0 Å². The minimum Gasteiger partial charge on any atom is -0.307 e. The number of rotatable bonds is 4. The number of likely N-dealkylation sites (tertiary alicyclic amines) is 1. The Balaban J connectivity index is 1.43. The smallest absolute Gasteiger partial charge is 0.307 e. The Morgan fingerprint density at radius 2 is 1.95 bits per heavy atom. The molecule has 1 saturated carbocycles. The fourth-order valence-electron chi connectivity index (χ4n) is 5.36. The van der Waals surface area contributed by atoms with Crippen LogP contribution in [-0.2, 0) is 15.8 Å². The standard InChI is InChI=1S/C24H25F3N8O3/c1-3-19(36)31-32-21(37)23-9-13(2)7-15(10-23)35(23)22(38)30-18-8-16(17(12-28-18)24(25,26)27)20-29-11-14-5-4-6-34(14)33-20/h4-6,8,11-13,15H,3,7,9-10H2,1-2H3,(H,31,36)(H,32,37)(H,28,30,38). The highest BCUT2D eigenvalue weighted by Crippen LogP contribution is 2.50. The maximum Gasteiger partial charge on any atom is 0.418 e. The number of alkyl halides is 3. The van der Waals surface area contributed by atoms with Gasteiger partial charge in [0.2, 0.25) is 5.91 Å². The van der Waals surface area contributed by atoms with Crippen LogP contribution in [0.25, 0.3) is 16.9 Å². The van der Waals surface area contributed by atoms with E-state index in [1.54, 1.807) is 25.3 Å². The minimum atomic E-state index is -4.74. The molecule has 0 spiro atoms. The number of pyridine rings is 1. The van der Waals surface area contributed by atoms with Gasteiger partial charge in [-0.25, -0.2) is 19.3 Å². The van der Waals surface area contributed by atoms with Crippen molar-refractivity contribution in [2.24, 2.45) is 5.92 Å². The SMILES string of the molecule is CCC(=O)NNC(=O)C12CC(C)CC(C1)N2C(=O)Nc1cc(-c2ncc3cccn3n2)c(C(F)(F)F)cn1. The number of nitrogens with one attached hydrogen (secondary N) is 3. The maximum absolute atomic E-state index is 13.8. The number of aromatic nitrogens is 4. The first-order valence-electron chi connectivity index (χ1n) is 12.1. The lowest BCUT2D eigenvalue weighted by Crippen LogP contribution is -2.78. The number of anilines is 1. The zero-order valence-corrected chi connectivity index (χ0v) is 20.5. The lowest BCUT2D eigenvalue weighted by atomic mass is 9.64. The molecule has 3 N–H and O–H groups in total. The van der Waals surface area contributed by atoms with Crippen LogP contribution in [0.15, 0.2) is 36.8 Å². The molecule has 0 aromatic carbocycles. The second-order valence-corrected chi connectivity index (χ2v) is 9.66. The molecule has 38 heavy (non-hydrogen) atoms. The van der Waals surface area contributed by atoms with Gasteiger partial charge in [0.1, 0.15) is 11.4 Å². The second-order valence-electron chi connectivity index (χ2n) is 9.66. The molecule has 11 nitrogen and oxygen atoms in total. The fraction of sp³-hybridized carbons (Fsp3) is 0.417. The first-order valence-corrected chi connectivity index (χ1v) is 12.1. The Labute approximate surface area is 214 Å². The maximum atomic E-state index is 13.8. The number of hydrogen-bond donors (Lipinski definition) is 3. The van der Waals surface area contributed by atoms with Gasteiger partial charge in [-0.1, -0.05) is 13.8 Å². The van der Waals surface area contributed by atoms with E-state index in [-0.39, 0.29) is 41.5 Å². The summed E-state index contributed by atoms with van der Waals surface area (Å²) in [4.78, 5) is 47.3. The van der Waals surface area contributed by atoms with Gasteiger partial charge in [0.05, 0.1) is 17.3 Å². The summed E-state index contributed by atoms with van der Waals surface area (Å²) in [5, 5.41) is 6.70. The average molecular weight is 531 g/mol. The van der Waals surface area contributed by atoms with Gasteiger partial charge in [-0.2, -0.15) is 13.2 Å². The third-order valence-corrected chi connectivity index (χ3v) is 7.00. The zero-order valence-electron chi connectivity index (χ0n) is 20.5. The molecule has 200 valence electrons. The number of hydrogen-bond acceptors (Lipinski definition) is 6. The van der Waals surface area contributed by atoms with Gasteiger partial charge in [0.15, 0.2) is 5.82 Å². The molecule has 1 aliphatic carbocycles. The predicted molar refractivity (Wildman–Crippen MR) is 128 cm³/mol. The molecular formula is C24H25F3N8O3. The number of urea groups is 1. The first-order chi connectivity index (χ1) is 18.0. The molecule has 1 saturated heterocycles. The van der Waals surface area contributed by atoms with E-state index < -0.39 is 29.2 Å². The molecule has 3 atom stereocenters. The number of fused-ring (bicyclic) bond motifs is 3. The Hall–Kier alpha value is -4.23. The van der Waals surface area contributed by atoms with E-state index in [0.717, 1.165) is 6.07 Å². The molecule has 2 aliphatic rings. The molecule has 3 aromatic heterocycles. The molecule has 14 heteroatoms. The van der Waals surface area contributed by atoms with Crippen molar-refractivity contribution in [3.63, 3.8) is 0 Å². The van der Waals surface area contributed by atoms with Crippen LogP contribution in [0.1, 0.15) is 45.1 Å². The number of carbonyl (C=O) groups is 3. The summed E-state index contributed by atoms with van der Waals surface area (Å²) >= 11 is 0. The summed E-state index contributed by atoms with van der Waals surface area (Å²) in [7, 11) is 0. The fourth-order valence-corrected chi connectivity index (χ4v) is 5.36. The topological polar surface area (TPSA) is 134 Å². The van der Waals surface area contributed by atoms with Crippen molar-refractivity contribution < 1.29 is 27.6 Å². The van der Waals surface area contributed by atoms with Crippen molar-refractivity contribution in [3.05, 3.63) is 42.4 Å². The van der Waals surface area contributed by atoms with Crippen molar-refractivity contribution in [2.75, 3.05) is 5.32 Å². The Morgan fingerprint density at radius 3 is 2.68 bits per heavy atom. The third-order valence-electron chi connectivity index (χ3n) is 7.00. The summed E-state index contributed by atoms with van der Waals surface area (Å²) in [5.74, 6) is -1.10. The average Bonchev–Trinajstić information content (AvgIpc) is 3.33. The van der Waals surface area contributed by atoms with Gasteiger partial charge in [0.25, 0.3) is 5.91 Å². The van der Waals surface area contributed by atoms with Gasteiger partial charge in [-0.15, -0.1) is 5.10 Å². The van der Waals surface area contributed by atoms with E-state index >= 15 is 0 Å². The number of piperidine rings is 1. The first kappa shape index (κ1) is 25.4. The molecule has 4 amide bonds. The summed E-state index contributed by atoms with van der Waals surface area (Å²) in [5.41, 5.74) is 2.72. The molecule has 2 fully saturated rings. The molecule has 2 bridgehead atoms. The van der Waals surface area contributed by atoms with Crippen LogP contribution in [0.4, 0.5) is 23.8 Å². The van der Waals surface area contributed by atoms with Gasteiger partial charge in [-0.3, -0.25) is 25.8 Å². The second kappa shape index (κ2) is 9.26. The third kappa shape index (κ3) is 4.39. The normalized spacial score (nSPS) is 22.5. The Bertz CT molecular complexity index is 1420. The van der Waals surface area contributed by atoms with Crippen LogP contribution in [0, 0.1) is 5.92 Å². The number of halogens is 3. The molecule has 3 aromatic rings. The Morgan fingerprint density at radius 1 is 1.16 bits per heavy atom. The Kier molecular flexibility index (Phi) is 6.19. The van der Waals surface area contributed by atoms with Crippen molar-refractivity contribution in [1.29, 1.82) is 0 Å². The highest BCUT2D eigenvalue weighted by atomic mass is 19.4. The van der Waals surface area contributed by atoms with Gasteiger partial charge in [0, 0.05) is 36.8 Å². The molecule has 1 aliphatic heterocycles. The quantitative estimate of drug-likeness (QED) is 0.444. The van der Waals surface area contributed by atoms with E-state index in [2.05, 4.69) is 31.2 Å². The van der Waals surface area contributed by atoms with Crippen LogP contribution in [0.3, 0.4) is 0 Å². The van der Waals surface area contributed by atoms with Gasteiger partial charge >= 0.3 is 12.2 Å². The highest BCUT2D eigenvalue weighted by Gasteiger charge is 2.62. The minimum absolute atomic E-state index is 0.151. The number of carbonyl (C=O) groups excluding carboxylic acids is 3. The molecule has 5 rings (SSSR count). The van der Waals surface area contributed by atoms with E-state index in [9.17, 15) is 27.6 Å². The van der Waals surface area contributed by atoms with Crippen molar-refractivity contribution >= 4 is 29.2 Å². The molecule has 3 unspecified atom stereocenters. The zero-order chi connectivity index (χ0) is 27.2. The van der Waals surface area contributed by atoms with Gasteiger partial charge < -0.3 is 4.90 Å². The lowest BCUT2D eigenvalue weighted by Gasteiger charge is -2.61. The summed E-state index contributed by atoms with van der Waals surface area (Å²) in [6.07, 6.45) is 0.471. The number of nitrogens with zero attached hydrogens (tertiary/aromatic N) is 5. The highest BCUT2D eigenvalue weighted by molar-refractivity contribution is 5.98. The van der Waals surface area contributed by atoms with Crippen LogP contribution < -0.4 is 16.2 Å². The van der Waals surface area contributed by atoms with Crippen molar-refractivity contribution in [2.45, 2.75) is 57.3 Å².